The summed E-state index contributed by atoms with van der Waals surface area (Å²) in [5.41, 5.74) is 2.38. The van der Waals surface area contributed by atoms with Crippen LogP contribution in [0.1, 0.15) is 30.8 Å². The van der Waals surface area contributed by atoms with Crippen LogP contribution in [0.15, 0.2) is 6.07 Å². The molecule has 2 atom stereocenters. The Morgan fingerprint density at radius 1 is 1.69 bits per heavy atom. The van der Waals surface area contributed by atoms with Crippen molar-refractivity contribution in [3.63, 3.8) is 0 Å². The van der Waals surface area contributed by atoms with Crippen LogP contribution in [-0.4, -0.2) is 30.0 Å². The zero-order valence-electron chi connectivity index (χ0n) is 10.4. The van der Waals surface area contributed by atoms with E-state index in [1.54, 1.807) is 0 Å². The summed E-state index contributed by atoms with van der Waals surface area (Å²) >= 11 is 0. The third kappa shape index (κ3) is 2.13. The Labute approximate surface area is 97.0 Å². The van der Waals surface area contributed by atoms with Crippen LogP contribution in [0.4, 0.5) is 0 Å². The van der Waals surface area contributed by atoms with Crippen molar-refractivity contribution in [2.75, 3.05) is 20.3 Å². The summed E-state index contributed by atoms with van der Waals surface area (Å²) in [6.07, 6.45) is 1.14. The van der Waals surface area contributed by atoms with Crippen molar-refractivity contribution in [1.82, 2.24) is 15.1 Å². The molecule has 2 rings (SSSR count). The fraction of sp³-hybridized carbons (Fsp3) is 0.750. The monoisotopic (exact) mass is 223 g/mol. The molecule has 0 spiro atoms. The highest BCUT2D eigenvalue weighted by molar-refractivity contribution is 5.14. The van der Waals surface area contributed by atoms with Crippen LogP contribution in [0.25, 0.3) is 0 Å². The molecule has 1 fully saturated rings. The normalized spacial score (nSPS) is 22.6. The van der Waals surface area contributed by atoms with Crippen LogP contribution in [0.5, 0.6) is 0 Å². The topological polar surface area (TPSA) is 39.1 Å². The summed E-state index contributed by atoms with van der Waals surface area (Å²) < 4.78 is 7.56. The first-order chi connectivity index (χ1) is 7.76. The van der Waals surface area contributed by atoms with E-state index in [2.05, 4.69) is 28.1 Å². The zero-order chi connectivity index (χ0) is 11.5. The van der Waals surface area contributed by atoms with Gasteiger partial charge in [0.05, 0.1) is 24.0 Å². The number of nitrogens with one attached hydrogen (secondary N) is 1. The van der Waals surface area contributed by atoms with Crippen molar-refractivity contribution in [2.24, 2.45) is 5.92 Å². The van der Waals surface area contributed by atoms with Gasteiger partial charge in [-0.25, -0.2) is 0 Å². The number of nitrogens with zero attached hydrogens (tertiary/aromatic N) is 2. The van der Waals surface area contributed by atoms with Crippen LogP contribution < -0.4 is 5.32 Å². The van der Waals surface area contributed by atoms with Gasteiger partial charge in [0.1, 0.15) is 0 Å². The fourth-order valence-electron chi connectivity index (χ4n) is 2.51. The van der Waals surface area contributed by atoms with E-state index in [9.17, 15) is 0 Å². The Hall–Kier alpha value is -0.870. The quantitative estimate of drug-likeness (QED) is 0.841. The first kappa shape index (κ1) is 11.6. The van der Waals surface area contributed by atoms with Crippen molar-refractivity contribution in [2.45, 2.75) is 32.9 Å². The van der Waals surface area contributed by atoms with Gasteiger partial charge in [-0.1, -0.05) is 0 Å². The lowest BCUT2D eigenvalue weighted by Crippen LogP contribution is -2.28. The van der Waals surface area contributed by atoms with Crippen molar-refractivity contribution < 1.29 is 4.74 Å². The Balaban J connectivity index is 2.24. The lowest BCUT2D eigenvalue weighted by Gasteiger charge is -2.22. The van der Waals surface area contributed by atoms with Gasteiger partial charge < -0.3 is 10.1 Å². The minimum Gasteiger partial charge on any atom is -0.381 e. The Bertz CT molecular complexity index is 342. The van der Waals surface area contributed by atoms with Crippen LogP contribution in [-0.2, 0) is 11.3 Å². The molecule has 2 heterocycles. The molecule has 1 aromatic rings. The minimum absolute atomic E-state index is 0.364. The van der Waals surface area contributed by atoms with Gasteiger partial charge in [0.15, 0.2) is 0 Å². The van der Waals surface area contributed by atoms with Gasteiger partial charge in [-0.3, -0.25) is 4.68 Å². The number of rotatable bonds is 4. The number of aromatic nitrogens is 2. The number of ether oxygens (including phenoxy) is 1. The van der Waals surface area contributed by atoms with E-state index in [4.69, 9.17) is 4.74 Å². The molecule has 1 aromatic heterocycles. The van der Waals surface area contributed by atoms with E-state index in [1.807, 2.05) is 14.0 Å². The molecule has 0 aliphatic carbocycles. The Morgan fingerprint density at radius 3 is 3.06 bits per heavy atom. The van der Waals surface area contributed by atoms with Crippen molar-refractivity contribution >= 4 is 0 Å². The second-order valence-corrected chi connectivity index (χ2v) is 4.42. The van der Waals surface area contributed by atoms with Gasteiger partial charge in [-0.05, 0) is 33.4 Å². The Kier molecular flexibility index (Phi) is 3.61. The summed E-state index contributed by atoms with van der Waals surface area (Å²) in [7, 11) is 2.02. The molecule has 1 saturated heterocycles. The van der Waals surface area contributed by atoms with Gasteiger partial charge in [-0.2, -0.15) is 5.10 Å². The van der Waals surface area contributed by atoms with Crippen LogP contribution in [0, 0.1) is 12.8 Å². The maximum Gasteiger partial charge on any atom is 0.0597 e. The molecule has 0 saturated carbocycles. The molecule has 0 radical (unpaired) electrons. The molecule has 1 aliphatic heterocycles. The maximum atomic E-state index is 5.47. The largest absolute Gasteiger partial charge is 0.381 e. The van der Waals surface area contributed by atoms with E-state index in [-0.39, 0.29) is 0 Å². The van der Waals surface area contributed by atoms with E-state index in [0.29, 0.717) is 12.0 Å². The molecular formula is C12H21N3O. The summed E-state index contributed by atoms with van der Waals surface area (Å²) in [5.74, 6) is 0.575. The van der Waals surface area contributed by atoms with Crippen molar-refractivity contribution in [3.8, 4) is 0 Å². The van der Waals surface area contributed by atoms with Gasteiger partial charge in [0, 0.05) is 19.1 Å². The minimum atomic E-state index is 0.364. The Morgan fingerprint density at radius 2 is 2.50 bits per heavy atom. The molecule has 1 N–H and O–H groups in total. The summed E-state index contributed by atoms with van der Waals surface area (Å²) in [6, 6.07) is 2.55. The molecule has 90 valence electrons. The van der Waals surface area contributed by atoms with Crippen LogP contribution >= 0.6 is 0 Å². The van der Waals surface area contributed by atoms with Crippen LogP contribution in [0.2, 0.25) is 0 Å². The second-order valence-electron chi connectivity index (χ2n) is 4.42. The van der Waals surface area contributed by atoms with E-state index >= 15 is 0 Å². The highest BCUT2D eigenvalue weighted by Crippen LogP contribution is 2.28. The highest BCUT2D eigenvalue weighted by atomic mass is 16.5. The molecular weight excluding hydrogens is 202 g/mol. The van der Waals surface area contributed by atoms with Crippen molar-refractivity contribution in [3.05, 3.63) is 17.5 Å². The summed E-state index contributed by atoms with van der Waals surface area (Å²) in [6.45, 7) is 6.86. The van der Waals surface area contributed by atoms with Gasteiger partial charge in [-0.15, -0.1) is 0 Å². The first-order valence-corrected chi connectivity index (χ1v) is 6.05. The zero-order valence-corrected chi connectivity index (χ0v) is 10.4. The summed E-state index contributed by atoms with van der Waals surface area (Å²) in [4.78, 5) is 0. The third-order valence-corrected chi connectivity index (χ3v) is 3.30. The standard InChI is InChI=1S/C12H21N3O/c1-4-15-11(7-9(2)14-15)12(13-3)10-5-6-16-8-10/h7,10,12-13H,4-6,8H2,1-3H3. The maximum absolute atomic E-state index is 5.47. The second kappa shape index (κ2) is 4.97. The smallest absolute Gasteiger partial charge is 0.0597 e. The van der Waals surface area contributed by atoms with E-state index in [1.165, 1.54) is 5.69 Å². The summed E-state index contributed by atoms with van der Waals surface area (Å²) in [5, 5.41) is 7.91. The first-order valence-electron chi connectivity index (χ1n) is 6.05. The predicted octanol–water partition coefficient (Wildman–Crippen LogP) is 1.51. The predicted molar refractivity (Wildman–Crippen MR) is 63.4 cm³/mol. The number of hydrogen-bond donors (Lipinski definition) is 1. The number of hydrogen-bond acceptors (Lipinski definition) is 3. The molecule has 16 heavy (non-hydrogen) atoms. The van der Waals surface area contributed by atoms with Crippen LogP contribution in [0.3, 0.4) is 0 Å². The van der Waals surface area contributed by atoms with Crippen molar-refractivity contribution in [1.29, 1.82) is 0 Å². The molecule has 2 unspecified atom stereocenters. The SMILES string of the molecule is CCn1nc(C)cc1C(NC)C1CCOC1. The molecule has 4 heteroatoms. The lowest BCUT2D eigenvalue weighted by molar-refractivity contribution is 0.176. The average molecular weight is 223 g/mol. The number of aryl methyl sites for hydroxylation is 2. The fourth-order valence-corrected chi connectivity index (χ4v) is 2.51. The van der Waals surface area contributed by atoms with Gasteiger partial charge in [0.2, 0.25) is 0 Å². The molecule has 0 bridgehead atoms. The molecule has 4 nitrogen and oxygen atoms in total. The molecule has 0 amide bonds. The highest BCUT2D eigenvalue weighted by Gasteiger charge is 2.28. The lowest BCUT2D eigenvalue weighted by atomic mass is 9.96. The average Bonchev–Trinajstić information content (AvgIpc) is 2.89. The molecule has 0 aromatic carbocycles. The molecule has 1 aliphatic rings. The van der Waals surface area contributed by atoms with E-state index < -0.39 is 0 Å². The van der Waals surface area contributed by atoms with Gasteiger partial charge in [0.25, 0.3) is 0 Å². The third-order valence-electron chi connectivity index (χ3n) is 3.30. The van der Waals surface area contributed by atoms with E-state index in [0.717, 1.165) is 31.9 Å². The van der Waals surface area contributed by atoms with Gasteiger partial charge >= 0.3 is 0 Å².